The van der Waals surface area contributed by atoms with Gasteiger partial charge in [0, 0.05) is 45.4 Å². The van der Waals surface area contributed by atoms with Crippen LogP contribution in [0.5, 0.6) is 0 Å². The number of thiophene rings is 2. The third-order valence-corrected chi connectivity index (χ3v) is 11.8. The molecule has 0 radical (unpaired) electrons. The summed E-state index contributed by atoms with van der Waals surface area (Å²) in [6.45, 7) is 12.3. The van der Waals surface area contributed by atoms with E-state index in [4.69, 9.17) is 4.98 Å². The van der Waals surface area contributed by atoms with Gasteiger partial charge in [0.2, 0.25) is 5.91 Å². The van der Waals surface area contributed by atoms with Crippen molar-refractivity contribution in [3.63, 3.8) is 0 Å². The number of fused-ring (bicyclic) bond motifs is 2. The second-order valence-corrected chi connectivity index (χ2v) is 15.1. The molecule has 48 heavy (non-hydrogen) atoms. The number of carbonyl (C=O) groups excluding carboxylic acids is 1. The smallest absolute Gasteiger partial charge is 0.345 e. The predicted octanol–water partition coefficient (Wildman–Crippen LogP) is 8.96. The van der Waals surface area contributed by atoms with Crippen LogP contribution in [-0.4, -0.2) is 68.6 Å². The van der Waals surface area contributed by atoms with Gasteiger partial charge in [0.1, 0.15) is 11.4 Å². The summed E-state index contributed by atoms with van der Waals surface area (Å²) in [5.41, 5.74) is 7.62. The summed E-state index contributed by atoms with van der Waals surface area (Å²) < 4.78 is 2.93. The van der Waals surface area contributed by atoms with Crippen LogP contribution in [0.3, 0.4) is 0 Å². The van der Waals surface area contributed by atoms with Crippen LogP contribution in [0.15, 0.2) is 72.8 Å². The Labute approximate surface area is 289 Å². The van der Waals surface area contributed by atoms with Crippen LogP contribution in [0.2, 0.25) is 0 Å². The van der Waals surface area contributed by atoms with Gasteiger partial charge in [0.05, 0.1) is 27.1 Å². The summed E-state index contributed by atoms with van der Waals surface area (Å²) in [5, 5.41) is 11.0. The normalized spacial score (nSPS) is 14.1. The fourth-order valence-electron chi connectivity index (χ4n) is 7.33. The van der Waals surface area contributed by atoms with E-state index in [9.17, 15) is 14.7 Å². The highest BCUT2D eigenvalue weighted by molar-refractivity contribution is 7.21. The van der Waals surface area contributed by atoms with Gasteiger partial charge in [-0.15, -0.1) is 22.7 Å². The molecule has 9 heteroatoms. The standard InChI is InChI=1S/C39H40N4O3S2/c1-5-41(6-2)29-16-18-42(19-17-29)35(44)23-43-33-22-34(39(45)46)48-38(33)36(26-10-8-7-9-11-26)37(43)28-13-14-31-27(21-28)12-15-32(40-31)30-20-24(3)47-25(30)4/h7-15,20-22,29H,5-6,16-19,23H2,1-4H3,(H,45,46). The maximum absolute atomic E-state index is 14.1. The van der Waals surface area contributed by atoms with Crippen molar-refractivity contribution in [3.05, 3.63) is 87.4 Å². The molecule has 1 amide bonds. The Morgan fingerprint density at radius 2 is 1.67 bits per heavy atom. The maximum Gasteiger partial charge on any atom is 0.345 e. The maximum atomic E-state index is 14.1. The quantitative estimate of drug-likeness (QED) is 0.165. The van der Waals surface area contributed by atoms with Crippen molar-refractivity contribution in [3.8, 4) is 33.6 Å². The molecule has 0 saturated carbocycles. The van der Waals surface area contributed by atoms with E-state index in [0.717, 1.165) is 93.8 Å². The van der Waals surface area contributed by atoms with Crippen LogP contribution in [0, 0.1) is 13.8 Å². The fraction of sp³-hybridized carbons (Fsp3) is 0.308. The van der Waals surface area contributed by atoms with Gasteiger partial charge >= 0.3 is 5.97 Å². The van der Waals surface area contributed by atoms with Crippen molar-refractivity contribution in [2.75, 3.05) is 26.2 Å². The van der Waals surface area contributed by atoms with Crippen molar-refractivity contribution in [2.24, 2.45) is 0 Å². The van der Waals surface area contributed by atoms with Crippen molar-refractivity contribution >= 4 is 55.7 Å². The molecule has 7 rings (SSSR count). The molecule has 0 spiro atoms. The summed E-state index contributed by atoms with van der Waals surface area (Å²) in [6, 6.07) is 25.0. The van der Waals surface area contributed by atoms with E-state index >= 15 is 0 Å². The highest BCUT2D eigenvalue weighted by atomic mass is 32.1. The Morgan fingerprint density at radius 1 is 0.917 bits per heavy atom. The molecule has 0 bridgehead atoms. The Balaban J connectivity index is 1.33. The van der Waals surface area contributed by atoms with Gasteiger partial charge in [0.15, 0.2) is 0 Å². The Morgan fingerprint density at radius 3 is 2.33 bits per heavy atom. The first-order chi connectivity index (χ1) is 23.2. The summed E-state index contributed by atoms with van der Waals surface area (Å²) >= 11 is 3.05. The van der Waals surface area contributed by atoms with Gasteiger partial charge in [-0.25, -0.2) is 9.78 Å². The lowest BCUT2D eigenvalue weighted by Crippen LogP contribution is -2.47. The van der Waals surface area contributed by atoms with Crippen LogP contribution in [0.1, 0.15) is 46.1 Å². The minimum atomic E-state index is -0.961. The number of benzene rings is 2. The average Bonchev–Trinajstić information content (AvgIpc) is 3.77. The van der Waals surface area contributed by atoms with E-state index in [1.807, 2.05) is 23.1 Å². The molecule has 4 aromatic heterocycles. The van der Waals surface area contributed by atoms with Gasteiger partial charge < -0.3 is 19.5 Å². The number of aromatic carboxylic acids is 1. The third-order valence-electron chi connectivity index (χ3n) is 9.73. The van der Waals surface area contributed by atoms with Crippen molar-refractivity contribution < 1.29 is 14.7 Å². The molecule has 1 fully saturated rings. The minimum absolute atomic E-state index is 0.0577. The van der Waals surface area contributed by atoms with Crippen LogP contribution in [0.4, 0.5) is 0 Å². The number of aryl methyl sites for hydroxylation is 2. The number of carboxylic acid groups (broad SMARTS) is 1. The van der Waals surface area contributed by atoms with Crippen molar-refractivity contribution in [1.82, 2.24) is 19.4 Å². The largest absolute Gasteiger partial charge is 0.477 e. The summed E-state index contributed by atoms with van der Waals surface area (Å²) in [7, 11) is 0. The summed E-state index contributed by atoms with van der Waals surface area (Å²) in [6.07, 6.45) is 1.92. The molecule has 1 saturated heterocycles. The van der Waals surface area contributed by atoms with E-state index < -0.39 is 5.97 Å². The molecule has 0 atom stereocenters. The number of carbonyl (C=O) groups is 2. The molecule has 246 valence electrons. The average molecular weight is 677 g/mol. The van der Waals surface area contributed by atoms with E-state index in [2.05, 4.69) is 85.7 Å². The molecule has 5 heterocycles. The number of carboxylic acids is 1. The molecule has 1 aliphatic heterocycles. The molecule has 1 N–H and O–H groups in total. The zero-order valence-electron chi connectivity index (χ0n) is 27.8. The van der Waals surface area contributed by atoms with Crippen LogP contribution in [0.25, 0.3) is 54.8 Å². The van der Waals surface area contributed by atoms with Crippen LogP contribution >= 0.6 is 22.7 Å². The first-order valence-electron chi connectivity index (χ1n) is 16.7. The first kappa shape index (κ1) is 32.2. The Kier molecular flexibility index (Phi) is 8.94. The minimum Gasteiger partial charge on any atom is -0.477 e. The molecule has 2 aromatic carbocycles. The molecule has 6 aromatic rings. The van der Waals surface area contributed by atoms with Crippen molar-refractivity contribution in [1.29, 1.82) is 0 Å². The predicted molar refractivity (Wildman–Crippen MR) is 198 cm³/mol. The zero-order valence-corrected chi connectivity index (χ0v) is 29.5. The highest BCUT2D eigenvalue weighted by Crippen LogP contribution is 2.45. The highest BCUT2D eigenvalue weighted by Gasteiger charge is 2.29. The van der Waals surface area contributed by atoms with E-state index in [0.29, 0.717) is 6.04 Å². The Hall–Kier alpha value is -4.31. The number of nitrogens with zero attached hydrogens (tertiary/aromatic N) is 4. The lowest BCUT2D eigenvalue weighted by atomic mass is 9.99. The lowest BCUT2D eigenvalue weighted by molar-refractivity contribution is -0.133. The summed E-state index contributed by atoms with van der Waals surface area (Å²) in [4.78, 5) is 38.6. The van der Waals surface area contributed by atoms with E-state index in [1.54, 1.807) is 17.4 Å². The second kappa shape index (κ2) is 13.3. The van der Waals surface area contributed by atoms with Gasteiger partial charge in [-0.2, -0.15) is 0 Å². The molecular weight excluding hydrogens is 637 g/mol. The monoisotopic (exact) mass is 676 g/mol. The molecular formula is C39H40N4O3S2. The van der Waals surface area contributed by atoms with Crippen molar-refractivity contribution in [2.45, 2.75) is 53.1 Å². The molecule has 0 unspecified atom stereocenters. The third kappa shape index (κ3) is 5.95. The van der Waals surface area contributed by atoms with E-state index in [-0.39, 0.29) is 17.3 Å². The van der Waals surface area contributed by atoms with Gasteiger partial charge in [0.25, 0.3) is 0 Å². The number of hydrogen-bond donors (Lipinski definition) is 1. The van der Waals surface area contributed by atoms with E-state index in [1.165, 1.54) is 21.1 Å². The SMILES string of the molecule is CCN(CC)C1CCN(C(=O)Cn2c(-c3ccc4nc(-c5cc(C)sc5C)ccc4c3)c(-c3ccccc3)c3sc(C(=O)O)cc32)CC1. The number of pyridine rings is 1. The topological polar surface area (TPSA) is 78.7 Å². The summed E-state index contributed by atoms with van der Waals surface area (Å²) in [5.74, 6) is -0.904. The van der Waals surface area contributed by atoms with Gasteiger partial charge in [-0.05, 0) is 81.2 Å². The number of likely N-dealkylation sites (tertiary alicyclic amines) is 1. The number of amides is 1. The zero-order chi connectivity index (χ0) is 33.5. The Bertz CT molecular complexity index is 2130. The number of hydrogen-bond acceptors (Lipinski definition) is 6. The number of piperidine rings is 1. The molecule has 7 nitrogen and oxygen atoms in total. The van der Waals surface area contributed by atoms with Crippen LogP contribution in [-0.2, 0) is 11.3 Å². The molecule has 1 aliphatic rings. The lowest BCUT2D eigenvalue weighted by Gasteiger charge is -2.37. The number of aromatic nitrogens is 2. The molecule has 0 aliphatic carbocycles. The fourth-order valence-corrected chi connectivity index (χ4v) is 9.33. The van der Waals surface area contributed by atoms with Gasteiger partial charge in [-0.3, -0.25) is 4.79 Å². The second-order valence-electron chi connectivity index (χ2n) is 12.6. The number of rotatable bonds is 9. The van der Waals surface area contributed by atoms with Gasteiger partial charge in [-0.1, -0.05) is 56.3 Å². The first-order valence-corrected chi connectivity index (χ1v) is 18.3. The van der Waals surface area contributed by atoms with Crippen LogP contribution < -0.4 is 0 Å².